The average Bonchev–Trinajstić information content (AvgIpc) is 2.99. The molecule has 1 aliphatic rings. The number of nitrogens with one attached hydrogen (secondary N) is 1. The first-order chi connectivity index (χ1) is 10.2. The molecule has 0 aliphatic heterocycles. The van der Waals surface area contributed by atoms with Gasteiger partial charge in [0.2, 0.25) is 0 Å². The van der Waals surface area contributed by atoms with Gasteiger partial charge in [-0.3, -0.25) is 4.79 Å². The number of aryl methyl sites for hydroxylation is 1. The lowest BCUT2D eigenvalue weighted by Crippen LogP contribution is -2.25. The van der Waals surface area contributed by atoms with E-state index >= 15 is 0 Å². The van der Waals surface area contributed by atoms with Crippen LogP contribution in [0.2, 0.25) is 0 Å². The SMILES string of the molecule is Cc1ccc(C(=O)NCCC2CCCC2)cc1C#CCN. The molecule has 1 aromatic rings. The minimum atomic E-state index is -0.0104. The fourth-order valence-electron chi connectivity index (χ4n) is 2.84. The zero-order valence-electron chi connectivity index (χ0n) is 12.7. The third-order valence-corrected chi connectivity index (χ3v) is 4.14. The lowest BCUT2D eigenvalue weighted by Gasteiger charge is -2.10. The van der Waals surface area contributed by atoms with Crippen LogP contribution in [-0.2, 0) is 0 Å². The van der Waals surface area contributed by atoms with Gasteiger partial charge in [-0.1, -0.05) is 43.6 Å². The van der Waals surface area contributed by atoms with E-state index in [1.807, 2.05) is 25.1 Å². The number of carbonyl (C=O) groups excluding carboxylic acids is 1. The molecule has 0 aromatic heterocycles. The highest BCUT2D eigenvalue weighted by Gasteiger charge is 2.15. The van der Waals surface area contributed by atoms with E-state index in [1.165, 1.54) is 25.7 Å². The summed E-state index contributed by atoms with van der Waals surface area (Å²) in [7, 11) is 0. The highest BCUT2D eigenvalue weighted by atomic mass is 16.1. The van der Waals surface area contributed by atoms with Crippen LogP contribution >= 0.6 is 0 Å². The smallest absolute Gasteiger partial charge is 0.251 e. The second-order valence-electron chi connectivity index (χ2n) is 5.73. The molecule has 3 nitrogen and oxygen atoms in total. The highest BCUT2D eigenvalue weighted by molar-refractivity contribution is 5.94. The molecule has 1 amide bonds. The fourth-order valence-corrected chi connectivity index (χ4v) is 2.84. The number of benzene rings is 1. The largest absolute Gasteiger partial charge is 0.352 e. The Kier molecular flexibility index (Phi) is 5.83. The van der Waals surface area contributed by atoms with Gasteiger partial charge in [-0.15, -0.1) is 0 Å². The summed E-state index contributed by atoms with van der Waals surface area (Å²) in [6.45, 7) is 3.08. The molecule has 0 spiro atoms. The second kappa shape index (κ2) is 7.85. The molecule has 3 heteroatoms. The summed E-state index contributed by atoms with van der Waals surface area (Å²) in [5, 5.41) is 3.02. The zero-order chi connectivity index (χ0) is 15.1. The van der Waals surface area contributed by atoms with Crippen molar-refractivity contribution in [2.75, 3.05) is 13.1 Å². The standard InChI is InChI=1S/C18H24N2O/c1-14-8-9-17(13-16(14)7-4-11-19)18(21)20-12-10-15-5-2-3-6-15/h8-9,13,15H,2-3,5-6,10-12,19H2,1H3,(H,20,21). The minimum Gasteiger partial charge on any atom is -0.352 e. The Balaban J connectivity index is 1.92. The third kappa shape index (κ3) is 4.61. The van der Waals surface area contributed by atoms with Crippen molar-refractivity contribution in [3.8, 4) is 11.8 Å². The van der Waals surface area contributed by atoms with Crippen LogP contribution in [0.1, 0.15) is 53.6 Å². The van der Waals surface area contributed by atoms with Crippen molar-refractivity contribution in [3.05, 3.63) is 34.9 Å². The Hall–Kier alpha value is -1.79. The monoisotopic (exact) mass is 284 g/mol. The lowest BCUT2D eigenvalue weighted by atomic mass is 10.0. The van der Waals surface area contributed by atoms with Gasteiger partial charge in [0, 0.05) is 17.7 Å². The number of carbonyl (C=O) groups is 1. The summed E-state index contributed by atoms with van der Waals surface area (Å²) in [6, 6.07) is 5.64. The summed E-state index contributed by atoms with van der Waals surface area (Å²) in [4.78, 5) is 12.2. The van der Waals surface area contributed by atoms with Crippen LogP contribution in [0, 0.1) is 24.7 Å². The van der Waals surface area contributed by atoms with Crippen molar-refractivity contribution in [2.45, 2.75) is 39.0 Å². The maximum absolute atomic E-state index is 12.2. The van der Waals surface area contributed by atoms with Crippen LogP contribution in [0.15, 0.2) is 18.2 Å². The van der Waals surface area contributed by atoms with E-state index < -0.39 is 0 Å². The molecule has 0 bridgehead atoms. The minimum absolute atomic E-state index is 0.0104. The average molecular weight is 284 g/mol. The van der Waals surface area contributed by atoms with Crippen molar-refractivity contribution in [1.29, 1.82) is 0 Å². The quantitative estimate of drug-likeness (QED) is 0.835. The first kappa shape index (κ1) is 15.6. The molecule has 2 rings (SSSR count). The Bertz CT molecular complexity index is 548. The molecule has 0 unspecified atom stereocenters. The number of hydrogen-bond donors (Lipinski definition) is 2. The zero-order valence-corrected chi connectivity index (χ0v) is 12.7. The van der Waals surface area contributed by atoms with Gasteiger partial charge in [0.1, 0.15) is 0 Å². The van der Waals surface area contributed by atoms with Crippen LogP contribution in [0.4, 0.5) is 0 Å². The molecule has 1 aliphatic carbocycles. The molecule has 3 N–H and O–H groups in total. The van der Waals surface area contributed by atoms with Gasteiger partial charge in [0.25, 0.3) is 5.91 Å². The van der Waals surface area contributed by atoms with Gasteiger partial charge >= 0.3 is 0 Å². The number of rotatable bonds is 4. The maximum atomic E-state index is 12.2. The lowest BCUT2D eigenvalue weighted by molar-refractivity contribution is 0.0951. The fraction of sp³-hybridized carbons (Fsp3) is 0.500. The summed E-state index contributed by atoms with van der Waals surface area (Å²) in [5.74, 6) is 6.64. The number of hydrogen-bond acceptors (Lipinski definition) is 2. The molecular weight excluding hydrogens is 260 g/mol. The van der Waals surface area contributed by atoms with Crippen molar-refractivity contribution in [2.24, 2.45) is 11.7 Å². The molecule has 1 aromatic carbocycles. The van der Waals surface area contributed by atoms with E-state index in [0.717, 1.165) is 30.0 Å². The van der Waals surface area contributed by atoms with Gasteiger partial charge in [-0.25, -0.2) is 0 Å². The molecule has 0 heterocycles. The van der Waals surface area contributed by atoms with E-state index in [-0.39, 0.29) is 5.91 Å². The topological polar surface area (TPSA) is 55.1 Å². The maximum Gasteiger partial charge on any atom is 0.251 e. The van der Waals surface area contributed by atoms with E-state index in [1.54, 1.807) is 0 Å². The van der Waals surface area contributed by atoms with Crippen LogP contribution in [0.25, 0.3) is 0 Å². The summed E-state index contributed by atoms with van der Waals surface area (Å²) in [5.41, 5.74) is 8.02. The highest BCUT2D eigenvalue weighted by Crippen LogP contribution is 2.26. The van der Waals surface area contributed by atoms with E-state index in [2.05, 4.69) is 17.2 Å². The third-order valence-electron chi connectivity index (χ3n) is 4.14. The number of amides is 1. The second-order valence-corrected chi connectivity index (χ2v) is 5.73. The van der Waals surface area contributed by atoms with Crippen LogP contribution in [-0.4, -0.2) is 19.0 Å². The van der Waals surface area contributed by atoms with Crippen molar-refractivity contribution in [3.63, 3.8) is 0 Å². The molecule has 112 valence electrons. The predicted molar refractivity (Wildman–Crippen MR) is 86.0 cm³/mol. The molecule has 0 atom stereocenters. The van der Waals surface area contributed by atoms with Gasteiger partial charge in [0.15, 0.2) is 0 Å². The Morgan fingerprint density at radius 2 is 2.14 bits per heavy atom. The normalized spacial score (nSPS) is 14.6. The Morgan fingerprint density at radius 1 is 1.38 bits per heavy atom. The molecule has 21 heavy (non-hydrogen) atoms. The summed E-state index contributed by atoms with van der Waals surface area (Å²) < 4.78 is 0. The first-order valence-electron chi connectivity index (χ1n) is 7.78. The van der Waals surface area contributed by atoms with E-state index in [0.29, 0.717) is 12.1 Å². The van der Waals surface area contributed by atoms with Gasteiger partial charge in [-0.05, 0) is 37.0 Å². The first-order valence-corrected chi connectivity index (χ1v) is 7.78. The van der Waals surface area contributed by atoms with E-state index in [9.17, 15) is 4.79 Å². The van der Waals surface area contributed by atoms with Gasteiger partial charge in [-0.2, -0.15) is 0 Å². The van der Waals surface area contributed by atoms with Crippen LogP contribution in [0.3, 0.4) is 0 Å². The molecule has 1 fully saturated rings. The van der Waals surface area contributed by atoms with E-state index in [4.69, 9.17) is 5.73 Å². The van der Waals surface area contributed by atoms with Crippen molar-refractivity contribution >= 4 is 5.91 Å². The Labute approximate surface area is 127 Å². The van der Waals surface area contributed by atoms with Gasteiger partial charge < -0.3 is 11.1 Å². The van der Waals surface area contributed by atoms with Crippen molar-refractivity contribution in [1.82, 2.24) is 5.32 Å². The van der Waals surface area contributed by atoms with Gasteiger partial charge in [0.05, 0.1) is 6.54 Å². The molecule has 0 saturated heterocycles. The molecule has 1 saturated carbocycles. The van der Waals surface area contributed by atoms with Crippen LogP contribution < -0.4 is 11.1 Å². The molecule has 0 radical (unpaired) electrons. The molecular formula is C18H24N2O. The number of nitrogens with two attached hydrogens (primary N) is 1. The van der Waals surface area contributed by atoms with Crippen LogP contribution in [0.5, 0.6) is 0 Å². The predicted octanol–water partition coefficient (Wildman–Crippen LogP) is 2.62. The van der Waals surface area contributed by atoms with Crippen molar-refractivity contribution < 1.29 is 4.79 Å². The Morgan fingerprint density at radius 3 is 2.86 bits per heavy atom. The summed E-state index contributed by atoms with van der Waals surface area (Å²) in [6.07, 6.45) is 6.43. The summed E-state index contributed by atoms with van der Waals surface area (Å²) >= 11 is 0.